The predicted molar refractivity (Wildman–Crippen MR) is 240 cm³/mol. The fourth-order valence-electron chi connectivity index (χ4n) is 7.35. The standard InChI is InChI=1S/C54H35N3/c1-3-18-36(19-4-1)38-26-15-27-39(37-20-5-2-6-21-37)53(38)57-47-31-13-9-24-42(47)43-28-16-35-51(54(43)57)56-48-32-14-10-25-44(48)52-49(33-17-34-50(52)56)55-45-29-11-7-22-40(45)41-23-8-12-30-46(41)55/h1-35H/i1D,2D,3D,4D,5D,6D,7D,8D,9D,10D,11D,12D,13D,14D,15D,16D,17D,18D,19D,20D,21D,22D,23D,24D,25D,26D,27D,28D,29D,30D,31D,32D,34D,35D. The molecule has 266 valence electrons. The first-order chi connectivity index (χ1) is 42.4. The maximum Gasteiger partial charge on any atom is 0.0782 e. The van der Waals surface area contributed by atoms with Gasteiger partial charge < -0.3 is 13.7 Å². The Bertz CT molecular complexity index is 5290. The minimum Gasteiger partial charge on any atom is -0.309 e. The molecule has 0 radical (unpaired) electrons. The second-order valence-corrected chi connectivity index (χ2v) is 12.3. The molecule has 0 spiro atoms. The Morgan fingerprint density at radius 1 is 0.298 bits per heavy atom. The molecule has 0 unspecified atom stereocenters. The highest BCUT2D eigenvalue weighted by molar-refractivity contribution is 6.19. The highest BCUT2D eigenvalue weighted by Crippen LogP contribution is 2.45. The highest BCUT2D eigenvalue weighted by atomic mass is 15.1. The number of rotatable bonds is 5. The highest BCUT2D eigenvalue weighted by Gasteiger charge is 2.25. The molecule has 0 aliphatic rings. The lowest BCUT2D eigenvalue weighted by molar-refractivity contribution is 1.13. The summed E-state index contributed by atoms with van der Waals surface area (Å²) in [5.74, 6) is 0. The van der Waals surface area contributed by atoms with Gasteiger partial charge in [-0.25, -0.2) is 0 Å². The van der Waals surface area contributed by atoms with E-state index < -0.39 is 310 Å². The van der Waals surface area contributed by atoms with E-state index in [1.807, 2.05) is 0 Å². The van der Waals surface area contributed by atoms with Gasteiger partial charge in [0, 0.05) is 43.4 Å². The first-order valence-corrected chi connectivity index (χ1v) is 16.8. The molecule has 0 fully saturated rings. The Kier molecular flexibility index (Phi) is 2.84. The second kappa shape index (κ2) is 12.5. The van der Waals surface area contributed by atoms with Gasteiger partial charge in [0.05, 0.1) is 96.8 Å². The third-order valence-electron chi connectivity index (χ3n) is 9.52. The molecular formula is C54H35N3. The molecule has 3 heterocycles. The van der Waals surface area contributed by atoms with Gasteiger partial charge in [-0.3, -0.25) is 0 Å². The van der Waals surface area contributed by atoms with Crippen LogP contribution in [0, 0.1) is 0 Å². The van der Waals surface area contributed by atoms with E-state index in [4.69, 9.17) is 21.9 Å². The van der Waals surface area contributed by atoms with Crippen LogP contribution in [0.3, 0.4) is 0 Å². The summed E-state index contributed by atoms with van der Waals surface area (Å²) in [6.45, 7) is 0. The molecular weight excluding hydrogens is 691 g/mol. The van der Waals surface area contributed by atoms with Gasteiger partial charge >= 0.3 is 0 Å². The Morgan fingerprint density at radius 2 is 0.719 bits per heavy atom. The molecule has 9 aromatic carbocycles. The monoisotopic (exact) mass is 759 g/mol. The van der Waals surface area contributed by atoms with Gasteiger partial charge in [0.25, 0.3) is 0 Å². The van der Waals surface area contributed by atoms with Gasteiger partial charge in [0.2, 0.25) is 0 Å². The van der Waals surface area contributed by atoms with Crippen LogP contribution in [0.1, 0.15) is 46.6 Å². The maximum atomic E-state index is 10.1. The van der Waals surface area contributed by atoms with Crippen LogP contribution in [0.4, 0.5) is 0 Å². The zero-order valence-electron chi connectivity index (χ0n) is 62.4. The van der Waals surface area contributed by atoms with Gasteiger partial charge in [-0.05, 0) is 53.4 Å². The third kappa shape index (κ3) is 4.60. The summed E-state index contributed by atoms with van der Waals surface area (Å²) in [4.78, 5) is 0. The molecule has 0 saturated heterocycles. The lowest BCUT2D eigenvalue weighted by Gasteiger charge is -2.21. The van der Waals surface area contributed by atoms with E-state index in [1.165, 1.54) is 0 Å². The number of fused-ring (bicyclic) bond motifs is 9. The summed E-state index contributed by atoms with van der Waals surface area (Å²) in [6, 6.07) is -34.7. The number of nitrogens with zero attached hydrogens (tertiary/aromatic N) is 3. The van der Waals surface area contributed by atoms with Crippen LogP contribution in [-0.4, -0.2) is 13.7 Å². The smallest absolute Gasteiger partial charge is 0.0782 e. The number of aromatic nitrogens is 3. The fraction of sp³-hybridized carbons (Fsp3) is 0. The van der Waals surface area contributed by atoms with Crippen molar-refractivity contribution >= 4 is 65.4 Å². The average molecular weight is 760 g/mol. The summed E-state index contributed by atoms with van der Waals surface area (Å²) >= 11 is 0. The zero-order chi connectivity index (χ0) is 67.0. The number of hydrogen-bond donors (Lipinski definition) is 0. The molecule has 3 heteroatoms. The van der Waals surface area contributed by atoms with Crippen molar-refractivity contribution in [1.29, 1.82) is 0 Å². The second-order valence-electron chi connectivity index (χ2n) is 12.3. The van der Waals surface area contributed by atoms with Crippen molar-refractivity contribution in [2.24, 2.45) is 0 Å². The van der Waals surface area contributed by atoms with E-state index in [-0.39, 0.29) is 0 Å². The van der Waals surface area contributed by atoms with Crippen LogP contribution in [0.15, 0.2) is 212 Å². The summed E-state index contributed by atoms with van der Waals surface area (Å²) in [6.07, 6.45) is 0. The fourth-order valence-corrected chi connectivity index (χ4v) is 7.35. The number of benzene rings is 9. The zero-order valence-corrected chi connectivity index (χ0v) is 28.4. The molecule has 0 saturated carbocycles. The summed E-state index contributed by atoms with van der Waals surface area (Å²) < 4.78 is 317. The maximum absolute atomic E-state index is 10.1. The van der Waals surface area contributed by atoms with Crippen molar-refractivity contribution in [1.82, 2.24) is 13.7 Å². The van der Waals surface area contributed by atoms with E-state index in [9.17, 15) is 24.7 Å². The summed E-state index contributed by atoms with van der Waals surface area (Å²) in [5.41, 5.74) is -11.6. The van der Waals surface area contributed by atoms with Crippen LogP contribution in [0.25, 0.3) is 105 Å². The van der Waals surface area contributed by atoms with Crippen molar-refractivity contribution in [3.05, 3.63) is 212 Å². The van der Waals surface area contributed by atoms with E-state index in [0.29, 0.717) is 9.13 Å². The topological polar surface area (TPSA) is 14.8 Å². The van der Waals surface area contributed by atoms with Crippen LogP contribution < -0.4 is 0 Å². The minimum atomic E-state index is -1.23. The molecule has 3 nitrogen and oxygen atoms in total. The molecule has 0 atom stereocenters. The van der Waals surface area contributed by atoms with Crippen LogP contribution in [-0.2, 0) is 0 Å². The molecule has 0 N–H and O–H groups in total. The summed E-state index contributed by atoms with van der Waals surface area (Å²) in [5, 5.41) is -3.96. The Morgan fingerprint density at radius 3 is 1.32 bits per heavy atom. The normalized spacial score (nSPS) is 20.2. The predicted octanol–water partition coefficient (Wildman–Crippen LogP) is 14.3. The van der Waals surface area contributed by atoms with Gasteiger partial charge in [-0.15, -0.1) is 0 Å². The molecule has 0 aliphatic carbocycles. The third-order valence-corrected chi connectivity index (χ3v) is 9.52. The van der Waals surface area contributed by atoms with Crippen molar-refractivity contribution in [3.63, 3.8) is 0 Å². The van der Waals surface area contributed by atoms with E-state index in [0.717, 1.165) is 10.6 Å². The quantitative estimate of drug-likeness (QED) is 0.166. The van der Waals surface area contributed by atoms with Crippen molar-refractivity contribution in [3.8, 4) is 39.3 Å². The SMILES string of the molecule is [2H]c1cc(-n2c3c([2H])c([2H])c([2H])c([2H])c3c3c([2H])c([2H])c([2H])c([2H])c32)c2c3c([2H])c([2H])c([2H])c([2H])c3n(-c3c([2H])c([2H])c([2H])c4c5c([2H])c([2H])c([2H])c([2H])c5n(-c5c(-c6c([2H])c([2H])c([2H])c([2H])c6[2H])c([2H])c([2H])c([2H])c5-c5c([2H])c([2H])c([2H])c([2H])c5[2H])c34)c2c1[2H]. The Labute approximate surface area is 377 Å². The Hall–Kier alpha value is -7.62. The van der Waals surface area contributed by atoms with Crippen molar-refractivity contribution in [2.75, 3.05) is 0 Å². The van der Waals surface area contributed by atoms with Crippen molar-refractivity contribution < 1.29 is 46.6 Å². The van der Waals surface area contributed by atoms with E-state index >= 15 is 0 Å². The molecule has 0 bridgehead atoms. The molecule has 12 rings (SSSR count). The lowest BCUT2D eigenvalue weighted by atomic mass is 9.95. The van der Waals surface area contributed by atoms with Crippen molar-refractivity contribution in [2.45, 2.75) is 0 Å². The van der Waals surface area contributed by atoms with E-state index in [2.05, 4.69) is 0 Å². The molecule has 57 heavy (non-hydrogen) atoms. The molecule has 0 amide bonds. The van der Waals surface area contributed by atoms with Gasteiger partial charge in [0.15, 0.2) is 0 Å². The van der Waals surface area contributed by atoms with E-state index in [1.54, 1.807) is 0 Å². The van der Waals surface area contributed by atoms with Crippen LogP contribution >= 0.6 is 0 Å². The van der Waals surface area contributed by atoms with Gasteiger partial charge in [-0.1, -0.05) is 169 Å². The largest absolute Gasteiger partial charge is 0.309 e. The number of para-hydroxylation sites is 6. The Balaban J connectivity index is 1.48. The minimum absolute atomic E-state index is 0.510. The lowest BCUT2D eigenvalue weighted by Crippen LogP contribution is -2.04. The average Bonchev–Trinajstić information content (AvgIpc) is 1.55. The molecule has 3 aromatic heterocycles. The summed E-state index contributed by atoms with van der Waals surface area (Å²) in [7, 11) is 0. The van der Waals surface area contributed by atoms with Crippen LogP contribution in [0.2, 0.25) is 0 Å². The van der Waals surface area contributed by atoms with Crippen LogP contribution in [0.5, 0.6) is 0 Å². The van der Waals surface area contributed by atoms with Gasteiger partial charge in [0.1, 0.15) is 0 Å². The molecule has 12 aromatic rings. The first-order valence-electron chi connectivity index (χ1n) is 33.8. The molecule has 0 aliphatic heterocycles. The first kappa shape index (κ1) is 13.0. The van der Waals surface area contributed by atoms with Gasteiger partial charge in [-0.2, -0.15) is 0 Å². The number of hydrogen-bond acceptors (Lipinski definition) is 0.